The SMILES string of the molecule is CCOc1cccc(CN2C(=O)C(=O)/C(=C(/O)c3cc(Cl)cc(Cl)c3OC)C2c2ccc(OC)cc2)c1. The van der Waals surface area contributed by atoms with Gasteiger partial charge in [0.15, 0.2) is 0 Å². The number of carbonyl (C=O) groups excluding carboxylic acids is 2. The van der Waals surface area contributed by atoms with E-state index in [0.29, 0.717) is 23.7 Å². The van der Waals surface area contributed by atoms with E-state index in [2.05, 4.69) is 0 Å². The lowest BCUT2D eigenvalue weighted by atomic mass is 9.94. The van der Waals surface area contributed by atoms with Crippen LogP contribution in [-0.2, 0) is 16.1 Å². The average molecular weight is 542 g/mol. The highest BCUT2D eigenvalue weighted by Crippen LogP contribution is 2.44. The minimum Gasteiger partial charge on any atom is -0.507 e. The van der Waals surface area contributed by atoms with E-state index in [1.54, 1.807) is 31.4 Å². The smallest absolute Gasteiger partial charge is 0.295 e. The largest absolute Gasteiger partial charge is 0.507 e. The maximum atomic E-state index is 13.4. The first-order valence-corrected chi connectivity index (χ1v) is 12.2. The molecular formula is C28H25Cl2NO6. The van der Waals surface area contributed by atoms with Crippen LogP contribution in [0.3, 0.4) is 0 Å². The van der Waals surface area contributed by atoms with Crippen LogP contribution in [0.5, 0.6) is 17.2 Å². The summed E-state index contributed by atoms with van der Waals surface area (Å²) >= 11 is 12.5. The van der Waals surface area contributed by atoms with Crippen molar-refractivity contribution in [2.24, 2.45) is 0 Å². The monoisotopic (exact) mass is 541 g/mol. The Morgan fingerprint density at radius 3 is 2.35 bits per heavy atom. The molecule has 1 aliphatic heterocycles. The summed E-state index contributed by atoms with van der Waals surface area (Å²) in [6.45, 7) is 2.47. The molecule has 1 amide bonds. The Bertz CT molecular complexity index is 1370. The number of nitrogens with zero attached hydrogens (tertiary/aromatic N) is 1. The molecule has 0 aliphatic carbocycles. The Morgan fingerprint density at radius 1 is 0.973 bits per heavy atom. The number of Topliss-reactive ketones (excluding diaryl/α,β-unsaturated/α-hetero) is 1. The van der Waals surface area contributed by atoms with Crippen molar-refractivity contribution in [1.29, 1.82) is 0 Å². The topological polar surface area (TPSA) is 85.3 Å². The molecule has 37 heavy (non-hydrogen) atoms. The molecule has 4 rings (SSSR count). The molecule has 1 N–H and O–H groups in total. The highest BCUT2D eigenvalue weighted by Gasteiger charge is 2.46. The molecule has 7 nitrogen and oxygen atoms in total. The van der Waals surface area contributed by atoms with Crippen molar-refractivity contribution in [3.05, 3.63) is 93.0 Å². The summed E-state index contributed by atoms with van der Waals surface area (Å²) in [5, 5.41) is 11.8. The summed E-state index contributed by atoms with van der Waals surface area (Å²) < 4.78 is 16.2. The number of aliphatic hydroxyl groups is 1. The van der Waals surface area contributed by atoms with Crippen LogP contribution in [0.4, 0.5) is 0 Å². The second-order valence-electron chi connectivity index (χ2n) is 8.25. The van der Waals surface area contributed by atoms with Gasteiger partial charge < -0.3 is 24.2 Å². The number of methoxy groups -OCH3 is 2. The maximum absolute atomic E-state index is 13.4. The molecule has 192 valence electrons. The molecule has 1 fully saturated rings. The summed E-state index contributed by atoms with van der Waals surface area (Å²) in [7, 11) is 2.93. The zero-order chi connectivity index (χ0) is 26.7. The van der Waals surface area contributed by atoms with E-state index in [-0.39, 0.29) is 33.5 Å². The molecule has 0 saturated carbocycles. The highest BCUT2D eigenvalue weighted by atomic mass is 35.5. The second-order valence-corrected chi connectivity index (χ2v) is 9.09. The van der Waals surface area contributed by atoms with E-state index in [9.17, 15) is 14.7 Å². The predicted molar refractivity (Wildman–Crippen MR) is 141 cm³/mol. The molecule has 1 aliphatic rings. The van der Waals surface area contributed by atoms with Crippen LogP contribution in [0.25, 0.3) is 5.76 Å². The first-order valence-electron chi connectivity index (χ1n) is 11.5. The van der Waals surface area contributed by atoms with Gasteiger partial charge in [-0.3, -0.25) is 9.59 Å². The zero-order valence-electron chi connectivity index (χ0n) is 20.5. The number of ether oxygens (including phenoxy) is 3. The summed E-state index contributed by atoms with van der Waals surface area (Å²) in [4.78, 5) is 28.2. The minimum atomic E-state index is -0.899. The van der Waals surface area contributed by atoms with Gasteiger partial charge in [0, 0.05) is 11.6 Å². The lowest BCUT2D eigenvalue weighted by Crippen LogP contribution is -2.29. The number of amides is 1. The fraction of sp³-hybridized carbons (Fsp3) is 0.214. The van der Waals surface area contributed by atoms with Gasteiger partial charge in [-0.25, -0.2) is 0 Å². The van der Waals surface area contributed by atoms with Crippen molar-refractivity contribution >= 4 is 40.7 Å². The second kappa shape index (κ2) is 11.2. The van der Waals surface area contributed by atoms with Gasteiger partial charge in [0.05, 0.1) is 43.0 Å². The third-order valence-corrected chi connectivity index (χ3v) is 6.50. The van der Waals surface area contributed by atoms with Gasteiger partial charge in [0.25, 0.3) is 11.7 Å². The fourth-order valence-corrected chi connectivity index (χ4v) is 4.93. The number of ketones is 1. The molecule has 0 spiro atoms. The third kappa shape index (κ3) is 5.24. The maximum Gasteiger partial charge on any atom is 0.295 e. The number of hydrogen-bond donors (Lipinski definition) is 1. The number of benzene rings is 3. The summed E-state index contributed by atoms with van der Waals surface area (Å²) in [5.74, 6) is -0.642. The number of hydrogen-bond acceptors (Lipinski definition) is 6. The Kier molecular flexibility index (Phi) is 7.95. The van der Waals surface area contributed by atoms with Gasteiger partial charge in [-0.2, -0.15) is 0 Å². The lowest BCUT2D eigenvalue weighted by Gasteiger charge is -2.26. The summed E-state index contributed by atoms with van der Waals surface area (Å²) in [6, 6.07) is 16.2. The molecule has 1 unspecified atom stereocenters. The fourth-order valence-electron chi connectivity index (χ4n) is 4.36. The number of rotatable bonds is 8. The molecule has 0 aromatic heterocycles. The molecule has 1 saturated heterocycles. The minimum absolute atomic E-state index is 0.104. The average Bonchev–Trinajstić information content (AvgIpc) is 3.13. The zero-order valence-corrected chi connectivity index (χ0v) is 22.0. The van der Waals surface area contributed by atoms with Crippen molar-refractivity contribution in [3.63, 3.8) is 0 Å². The van der Waals surface area contributed by atoms with Crippen molar-refractivity contribution < 1.29 is 28.9 Å². The van der Waals surface area contributed by atoms with Crippen molar-refractivity contribution in [2.45, 2.75) is 19.5 Å². The van der Waals surface area contributed by atoms with Crippen molar-refractivity contribution in [3.8, 4) is 17.2 Å². The number of halogens is 2. The van der Waals surface area contributed by atoms with E-state index >= 15 is 0 Å². The van der Waals surface area contributed by atoms with E-state index in [0.717, 1.165) is 5.56 Å². The first kappa shape index (κ1) is 26.4. The molecule has 9 heteroatoms. The highest BCUT2D eigenvalue weighted by molar-refractivity contribution is 6.46. The van der Waals surface area contributed by atoms with Gasteiger partial charge in [-0.1, -0.05) is 47.5 Å². The van der Waals surface area contributed by atoms with E-state index in [1.807, 2.05) is 31.2 Å². The normalized spacial score (nSPS) is 16.7. The molecular weight excluding hydrogens is 517 g/mol. The quantitative estimate of drug-likeness (QED) is 0.213. The standard InChI is InChI=1S/C28H25Cl2NO6/c1-4-37-20-7-5-6-16(12-20)15-31-24(17-8-10-19(35-2)11-9-17)23(26(33)28(31)34)25(32)21-13-18(29)14-22(30)27(21)36-3/h5-14,24,32H,4,15H2,1-3H3/b25-23+. The first-order chi connectivity index (χ1) is 17.8. The number of carbonyl (C=O) groups is 2. The molecule has 0 radical (unpaired) electrons. The summed E-state index contributed by atoms with van der Waals surface area (Å²) in [5.41, 5.74) is 1.37. The van der Waals surface area contributed by atoms with E-state index in [1.165, 1.54) is 24.1 Å². The Hall–Kier alpha value is -3.68. The predicted octanol–water partition coefficient (Wildman–Crippen LogP) is 6.03. The molecule has 0 bridgehead atoms. The molecule has 1 heterocycles. The van der Waals surface area contributed by atoms with Crippen LogP contribution in [0, 0.1) is 0 Å². The van der Waals surface area contributed by atoms with Crippen LogP contribution in [0.2, 0.25) is 10.0 Å². The van der Waals surface area contributed by atoms with Crippen LogP contribution < -0.4 is 14.2 Å². The van der Waals surface area contributed by atoms with Gasteiger partial charge in [0.2, 0.25) is 0 Å². The Labute approximate surface area is 224 Å². The van der Waals surface area contributed by atoms with Crippen LogP contribution in [0.15, 0.2) is 66.2 Å². The third-order valence-electron chi connectivity index (χ3n) is 6.00. The van der Waals surface area contributed by atoms with Gasteiger partial charge in [-0.05, 0) is 54.4 Å². The number of likely N-dealkylation sites (tertiary alicyclic amines) is 1. The summed E-state index contributed by atoms with van der Waals surface area (Å²) in [6.07, 6.45) is 0. The van der Waals surface area contributed by atoms with Crippen LogP contribution in [0.1, 0.15) is 29.7 Å². The van der Waals surface area contributed by atoms with Gasteiger partial charge >= 0.3 is 0 Å². The van der Waals surface area contributed by atoms with Gasteiger partial charge in [-0.15, -0.1) is 0 Å². The van der Waals surface area contributed by atoms with Crippen LogP contribution >= 0.6 is 23.2 Å². The van der Waals surface area contributed by atoms with Crippen molar-refractivity contribution in [1.82, 2.24) is 4.90 Å². The lowest BCUT2D eigenvalue weighted by molar-refractivity contribution is -0.140. The van der Waals surface area contributed by atoms with E-state index in [4.69, 9.17) is 37.4 Å². The van der Waals surface area contributed by atoms with Gasteiger partial charge in [0.1, 0.15) is 23.0 Å². The van der Waals surface area contributed by atoms with Crippen molar-refractivity contribution in [2.75, 3.05) is 20.8 Å². The number of aliphatic hydroxyl groups excluding tert-OH is 1. The van der Waals surface area contributed by atoms with Crippen LogP contribution in [-0.4, -0.2) is 42.5 Å². The molecule has 3 aromatic rings. The molecule has 1 atom stereocenters. The molecule has 3 aromatic carbocycles. The van der Waals surface area contributed by atoms with E-state index < -0.39 is 23.5 Å². The Balaban J connectivity index is 1.89. The Morgan fingerprint density at radius 2 is 1.70 bits per heavy atom.